The highest BCUT2D eigenvalue weighted by Crippen LogP contribution is 2.29. The van der Waals surface area contributed by atoms with Crippen molar-refractivity contribution in [2.75, 3.05) is 25.1 Å². The number of methoxy groups -OCH3 is 1. The smallest absolute Gasteiger partial charge is 0.340 e. The van der Waals surface area contributed by atoms with Crippen LogP contribution in [0.25, 0.3) is 5.57 Å². The molecule has 6 nitrogen and oxygen atoms in total. The number of carbonyl (C=O) groups excluding carboxylic acids is 1. The Bertz CT molecular complexity index is 953. The molecule has 0 radical (unpaired) electrons. The number of nitrogens with zero attached hydrogens (tertiary/aromatic N) is 1. The third-order valence-corrected chi connectivity index (χ3v) is 5.31. The van der Waals surface area contributed by atoms with Crippen LogP contribution in [0.1, 0.15) is 22.3 Å². The summed E-state index contributed by atoms with van der Waals surface area (Å²) in [7, 11) is -2.63. The number of ether oxygens (including phenoxy) is 1. The highest BCUT2D eigenvalue weighted by Gasteiger charge is 2.22. The van der Waals surface area contributed by atoms with Crippen LogP contribution in [0.3, 0.4) is 0 Å². The van der Waals surface area contributed by atoms with E-state index in [1.807, 2.05) is 23.1 Å². The molecule has 0 spiro atoms. The molecule has 2 aromatic carbocycles. The van der Waals surface area contributed by atoms with Crippen molar-refractivity contribution in [3.05, 3.63) is 65.7 Å². The summed E-state index contributed by atoms with van der Waals surface area (Å²) in [4.78, 5) is 14.0. The summed E-state index contributed by atoms with van der Waals surface area (Å²) in [5, 5.41) is 5.18. The zero-order chi connectivity index (χ0) is 18.7. The summed E-state index contributed by atoms with van der Waals surface area (Å²) in [6.07, 6.45) is 2.94. The quantitative estimate of drug-likeness (QED) is 0.833. The molecule has 26 heavy (non-hydrogen) atoms. The first kappa shape index (κ1) is 18.2. The molecule has 136 valence electrons. The molecule has 7 heteroatoms. The summed E-state index contributed by atoms with van der Waals surface area (Å²) in [5.41, 5.74) is 3.26. The zero-order valence-corrected chi connectivity index (χ0v) is 15.2. The number of esters is 1. The van der Waals surface area contributed by atoms with Crippen LogP contribution >= 0.6 is 0 Å². The number of rotatable bonds is 4. The van der Waals surface area contributed by atoms with E-state index < -0.39 is 16.0 Å². The van der Waals surface area contributed by atoms with Gasteiger partial charge in [-0.2, -0.15) is 0 Å². The topological polar surface area (TPSA) is 89.7 Å². The van der Waals surface area contributed by atoms with E-state index >= 15 is 0 Å². The predicted octanol–water partition coefficient (Wildman–Crippen LogP) is 2.41. The molecule has 0 aliphatic carbocycles. The Morgan fingerprint density at radius 2 is 1.88 bits per heavy atom. The van der Waals surface area contributed by atoms with Gasteiger partial charge in [0.15, 0.2) is 0 Å². The first-order chi connectivity index (χ1) is 12.4. The fourth-order valence-corrected chi connectivity index (χ4v) is 3.58. The number of hydrogen-bond acceptors (Lipinski definition) is 5. The first-order valence-corrected chi connectivity index (χ1v) is 9.69. The zero-order valence-electron chi connectivity index (χ0n) is 14.4. The molecule has 0 aromatic heterocycles. The predicted molar refractivity (Wildman–Crippen MR) is 100 cm³/mol. The molecule has 2 aromatic rings. The molecular formula is C19H20N2O4S. The number of primary sulfonamides is 1. The Hall–Kier alpha value is -2.64. The Kier molecular flexibility index (Phi) is 5.11. The van der Waals surface area contributed by atoms with Crippen molar-refractivity contribution in [2.45, 2.75) is 11.3 Å². The highest BCUT2D eigenvalue weighted by atomic mass is 32.2. The molecule has 0 saturated heterocycles. The van der Waals surface area contributed by atoms with Crippen LogP contribution in [0.2, 0.25) is 0 Å². The van der Waals surface area contributed by atoms with Gasteiger partial charge in [0.1, 0.15) is 0 Å². The molecule has 1 aliphatic rings. The van der Waals surface area contributed by atoms with Crippen molar-refractivity contribution >= 4 is 27.3 Å². The van der Waals surface area contributed by atoms with Crippen LogP contribution in [0.15, 0.2) is 59.5 Å². The highest BCUT2D eigenvalue weighted by molar-refractivity contribution is 7.89. The molecule has 3 rings (SSSR count). The third-order valence-electron chi connectivity index (χ3n) is 4.40. The number of nitrogens with two attached hydrogens (primary N) is 1. The second kappa shape index (κ2) is 7.31. The van der Waals surface area contributed by atoms with Crippen LogP contribution in [0, 0.1) is 0 Å². The van der Waals surface area contributed by atoms with Gasteiger partial charge in [0.2, 0.25) is 10.0 Å². The van der Waals surface area contributed by atoms with E-state index in [9.17, 15) is 13.2 Å². The van der Waals surface area contributed by atoms with Crippen molar-refractivity contribution in [1.82, 2.24) is 0 Å². The number of carbonyl (C=O) groups is 1. The van der Waals surface area contributed by atoms with E-state index in [1.165, 1.54) is 30.4 Å². The van der Waals surface area contributed by atoms with Crippen LogP contribution in [-0.2, 0) is 14.8 Å². The minimum atomic E-state index is -3.90. The second-order valence-electron chi connectivity index (χ2n) is 6.01. The number of anilines is 1. The van der Waals surface area contributed by atoms with Gasteiger partial charge in [0.05, 0.1) is 23.3 Å². The summed E-state index contributed by atoms with van der Waals surface area (Å²) < 4.78 is 28.0. The molecular weight excluding hydrogens is 352 g/mol. The van der Waals surface area contributed by atoms with Gasteiger partial charge in [-0.3, -0.25) is 0 Å². The molecule has 1 heterocycles. The average Bonchev–Trinajstić information content (AvgIpc) is 2.67. The van der Waals surface area contributed by atoms with Crippen LogP contribution in [0.5, 0.6) is 0 Å². The van der Waals surface area contributed by atoms with Crippen LogP contribution in [0.4, 0.5) is 5.69 Å². The van der Waals surface area contributed by atoms with Gasteiger partial charge in [-0.05, 0) is 35.8 Å². The third kappa shape index (κ3) is 3.79. The Labute approximate surface area is 152 Å². The molecule has 0 saturated carbocycles. The molecule has 0 amide bonds. The molecule has 2 N–H and O–H groups in total. The van der Waals surface area contributed by atoms with Gasteiger partial charge in [0, 0.05) is 13.1 Å². The van der Waals surface area contributed by atoms with Gasteiger partial charge in [-0.25, -0.2) is 18.4 Å². The maximum atomic E-state index is 12.1. The van der Waals surface area contributed by atoms with E-state index in [1.54, 1.807) is 6.07 Å². The van der Waals surface area contributed by atoms with E-state index in [-0.39, 0.29) is 10.5 Å². The summed E-state index contributed by atoms with van der Waals surface area (Å²) in [6, 6.07) is 14.4. The van der Waals surface area contributed by atoms with Gasteiger partial charge in [-0.1, -0.05) is 36.4 Å². The van der Waals surface area contributed by atoms with E-state index in [2.05, 4.69) is 18.2 Å². The minimum Gasteiger partial charge on any atom is -0.465 e. The van der Waals surface area contributed by atoms with E-state index in [0.29, 0.717) is 18.8 Å². The van der Waals surface area contributed by atoms with Crippen molar-refractivity contribution in [2.24, 2.45) is 5.14 Å². The molecule has 0 unspecified atom stereocenters. The Balaban J connectivity index is 1.92. The monoisotopic (exact) mass is 372 g/mol. The second-order valence-corrected chi connectivity index (χ2v) is 7.57. The van der Waals surface area contributed by atoms with Crippen molar-refractivity contribution in [3.8, 4) is 0 Å². The van der Waals surface area contributed by atoms with Gasteiger partial charge in [-0.15, -0.1) is 0 Å². The van der Waals surface area contributed by atoms with Gasteiger partial charge >= 0.3 is 5.97 Å². The fraction of sp³-hybridized carbons (Fsp3) is 0.211. The number of hydrogen-bond donors (Lipinski definition) is 1. The lowest BCUT2D eigenvalue weighted by Gasteiger charge is -2.30. The lowest BCUT2D eigenvalue weighted by molar-refractivity contribution is 0.0601. The first-order valence-electron chi connectivity index (χ1n) is 8.14. The van der Waals surface area contributed by atoms with E-state index in [0.717, 1.165) is 6.42 Å². The molecule has 0 atom stereocenters. The number of sulfonamides is 1. The van der Waals surface area contributed by atoms with Crippen LogP contribution in [-0.4, -0.2) is 34.6 Å². The Morgan fingerprint density at radius 1 is 1.15 bits per heavy atom. The Morgan fingerprint density at radius 3 is 2.46 bits per heavy atom. The minimum absolute atomic E-state index is 0.112. The normalized spacial score (nSPS) is 14.7. The lowest BCUT2D eigenvalue weighted by atomic mass is 9.99. The van der Waals surface area contributed by atoms with E-state index in [4.69, 9.17) is 9.88 Å². The summed E-state index contributed by atoms with van der Waals surface area (Å²) >= 11 is 0. The fourth-order valence-electron chi connectivity index (χ4n) is 3.04. The average molecular weight is 372 g/mol. The van der Waals surface area contributed by atoms with Crippen LogP contribution < -0.4 is 10.0 Å². The molecule has 0 bridgehead atoms. The lowest BCUT2D eigenvalue weighted by Crippen LogP contribution is -2.30. The molecule has 0 fully saturated rings. The van der Waals surface area contributed by atoms with Crippen molar-refractivity contribution in [1.29, 1.82) is 0 Å². The maximum Gasteiger partial charge on any atom is 0.340 e. The summed E-state index contributed by atoms with van der Waals surface area (Å²) in [6.45, 7) is 1.32. The van der Waals surface area contributed by atoms with Crippen molar-refractivity contribution in [3.63, 3.8) is 0 Å². The van der Waals surface area contributed by atoms with Gasteiger partial charge < -0.3 is 9.64 Å². The van der Waals surface area contributed by atoms with Gasteiger partial charge in [0.25, 0.3) is 0 Å². The maximum absolute atomic E-state index is 12.1. The standard InChI is InChI=1S/C19H20N2O4S/c1-25-19(22)17-13-16(26(20,23)24)7-8-18(17)21-11-9-15(10-12-21)14-5-3-2-4-6-14/h2-9,13H,10-12H2,1H3,(H2,20,23,24). The van der Waals surface area contributed by atoms with Crippen molar-refractivity contribution < 1.29 is 17.9 Å². The number of benzene rings is 2. The summed E-state index contributed by atoms with van der Waals surface area (Å²) in [5.74, 6) is -0.594. The largest absolute Gasteiger partial charge is 0.465 e. The SMILES string of the molecule is COC(=O)c1cc(S(N)(=O)=O)ccc1N1CC=C(c2ccccc2)CC1. The molecule has 1 aliphatic heterocycles.